The Kier molecular flexibility index (Phi) is 9.67. The van der Waals surface area contributed by atoms with E-state index >= 15 is 0 Å². The maximum atomic E-state index is 6.32. The van der Waals surface area contributed by atoms with Crippen LogP contribution in [-0.4, -0.2) is 31.1 Å². The molecular formula is C13H23Cl3N2S. The lowest BCUT2D eigenvalue weighted by atomic mass is 9.95. The average molecular weight is 346 g/mol. The van der Waals surface area contributed by atoms with Crippen LogP contribution in [0.3, 0.4) is 0 Å². The Hall–Kier alpha value is 0.490. The zero-order valence-corrected chi connectivity index (χ0v) is 14.6. The van der Waals surface area contributed by atoms with E-state index in [0.717, 1.165) is 31.2 Å². The van der Waals surface area contributed by atoms with Gasteiger partial charge in [-0.2, -0.15) is 0 Å². The fourth-order valence-corrected chi connectivity index (χ4v) is 3.92. The van der Waals surface area contributed by atoms with E-state index in [9.17, 15) is 0 Å². The van der Waals surface area contributed by atoms with Crippen LogP contribution in [0.1, 0.15) is 31.2 Å². The lowest BCUT2D eigenvalue weighted by Crippen LogP contribution is -2.46. The number of nitrogens with one attached hydrogen (secondary N) is 1. The van der Waals surface area contributed by atoms with E-state index in [1.807, 2.05) is 6.07 Å². The summed E-state index contributed by atoms with van der Waals surface area (Å²) in [5, 5.41) is 6.46. The smallest absolute Gasteiger partial charge is 0.0561 e. The summed E-state index contributed by atoms with van der Waals surface area (Å²) in [5.74, 6) is 0.657. The summed E-state index contributed by atoms with van der Waals surface area (Å²) in [6, 6.07) is 2.52. The first-order valence-electron chi connectivity index (χ1n) is 6.41. The van der Waals surface area contributed by atoms with Gasteiger partial charge >= 0.3 is 0 Å². The topological polar surface area (TPSA) is 15.3 Å². The molecule has 0 saturated carbocycles. The fraction of sp³-hybridized carbons (Fsp3) is 0.692. The van der Waals surface area contributed by atoms with Crippen molar-refractivity contribution < 1.29 is 0 Å². The van der Waals surface area contributed by atoms with Crippen LogP contribution in [0, 0.1) is 5.92 Å². The van der Waals surface area contributed by atoms with Gasteiger partial charge in [-0.25, -0.2) is 0 Å². The van der Waals surface area contributed by atoms with E-state index in [1.165, 1.54) is 11.3 Å². The Balaban J connectivity index is 0.00000162. The minimum atomic E-state index is 0. The molecule has 1 aliphatic heterocycles. The molecule has 1 saturated heterocycles. The van der Waals surface area contributed by atoms with Crippen LogP contribution < -0.4 is 5.32 Å². The summed E-state index contributed by atoms with van der Waals surface area (Å²) in [4.78, 5) is 3.94. The van der Waals surface area contributed by atoms with Crippen molar-refractivity contribution in [2.75, 3.05) is 26.2 Å². The van der Waals surface area contributed by atoms with Crippen LogP contribution in [0.25, 0.3) is 0 Å². The molecule has 2 rings (SSSR count). The second kappa shape index (κ2) is 9.43. The minimum absolute atomic E-state index is 0. The molecule has 0 amide bonds. The first-order valence-corrected chi connectivity index (χ1v) is 7.67. The molecule has 1 unspecified atom stereocenters. The number of rotatable bonds is 4. The molecule has 0 aliphatic carbocycles. The molecule has 1 aromatic heterocycles. The molecule has 19 heavy (non-hydrogen) atoms. The average Bonchev–Trinajstić information content (AvgIpc) is 2.77. The quantitative estimate of drug-likeness (QED) is 0.878. The Labute approximate surface area is 137 Å². The monoisotopic (exact) mass is 344 g/mol. The van der Waals surface area contributed by atoms with Crippen molar-refractivity contribution in [2.45, 2.75) is 26.3 Å². The van der Waals surface area contributed by atoms with Gasteiger partial charge < -0.3 is 5.32 Å². The molecule has 6 heteroatoms. The van der Waals surface area contributed by atoms with Gasteiger partial charge in [-0.1, -0.05) is 31.9 Å². The van der Waals surface area contributed by atoms with Gasteiger partial charge in [-0.3, -0.25) is 4.90 Å². The summed E-state index contributed by atoms with van der Waals surface area (Å²) >= 11 is 8.12. The van der Waals surface area contributed by atoms with E-state index in [-0.39, 0.29) is 24.8 Å². The third kappa shape index (κ3) is 4.76. The Bertz CT molecular complexity index is 353. The molecule has 1 N–H and O–H groups in total. The fourth-order valence-electron chi connectivity index (χ4n) is 2.48. The Morgan fingerprint density at radius 2 is 2.00 bits per heavy atom. The van der Waals surface area contributed by atoms with Crippen molar-refractivity contribution in [3.8, 4) is 0 Å². The first kappa shape index (κ1) is 19.5. The second-order valence-corrected chi connectivity index (χ2v) is 6.10. The number of hydrogen-bond donors (Lipinski definition) is 1. The number of nitrogens with zero attached hydrogens (tertiary/aromatic N) is 1. The Morgan fingerprint density at radius 3 is 2.47 bits per heavy atom. The second-order valence-electron chi connectivity index (χ2n) is 4.75. The van der Waals surface area contributed by atoms with Gasteiger partial charge in [0.25, 0.3) is 0 Å². The first-order chi connectivity index (χ1) is 8.24. The molecule has 0 spiro atoms. The number of hydrogen-bond acceptors (Lipinski definition) is 3. The summed E-state index contributed by atoms with van der Waals surface area (Å²) in [6.45, 7) is 9.04. The van der Waals surface area contributed by atoms with E-state index in [0.29, 0.717) is 12.0 Å². The molecule has 2 atom stereocenters. The third-order valence-corrected chi connectivity index (χ3v) is 5.07. The van der Waals surface area contributed by atoms with Crippen molar-refractivity contribution in [3.05, 3.63) is 21.3 Å². The van der Waals surface area contributed by atoms with Crippen LogP contribution in [0.4, 0.5) is 0 Å². The van der Waals surface area contributed by atoms with Gasteiger partial charge in [-0.05, 0) is 17.4 Å². The highest BCUT2D eigenvalue weighted by molar-refractivity contribution is 7.10. The van der Waals surface area contributed by atoms with Gasteiger partial charge in [-0.15, -0.1) is 36.2 Å². The van der Waals surface area contributed by atoms with E-state index in [2.05, 4.69) is 29.4 Å². The molecule has 0 radical (unpaired) electrons. The van der Waals surface area contributed by atoms with Gasteiger partial charge in [0.2, 0.25) is 0 Å². The van der Waals surface area contributed by atoms with Crippen molar-refractivity contribution in [3.63, 3.8) is 0 Å². The molecule has 1 aromatic rings. The SMILES string of the molecule is CCC(C)[C@@H](c1sccc1Cl)N1CCNCC1.Cl.Cl. The van der Waals surface area contributed by atoms with Gasteiger partial charge in [0.05, 0.1) is 5.02 Å². The maximum absolute atomic E-state index is 6.32. The van der Waals surface area contributed by atoms with E-state index in [1.54, 1.807) is 11.3 Å². The highest BCUT2D eigenvalue weighted by Crippen LogP contribution is 2.38. The van der Waals surface area contributed by atoms with E-state index < -0.39 is 0 Å². The number of piperazine rings is 1. The normalized spacial score (nSPS) is 19.1. The predicted octanol–water partition coefficient (Wildman–Crippen LogP) is 4.24. The van der Waals surface area contributed by atoms with Crippen LogP contribution in [0.5, 0.6) is 0 Å². The molecule has 1 aliphatic rings. The van der Waals surface area contributed by atoms with E-state index in [4.69, 9.17) is 11.6 Å². The van der Waals surface area contributed by atoms with Crippen molar-refractivity contribution >= 4 is 47.8 Å². The van der Waals surface area contributed by atoms with Crippen molar-refractivity contribution in [1.29, 1.82) is 0 Å². The third-order valence-electron chi connectivity index (χ3n) is 3.64. The highest BCUT2D eigenvalue weighted by atomic mass is 35.5. The summed E-state index contributed by atoms with van der Waals surface area (Å²) in [7, 11) is 0. The highest BCUT2D eigenvalue weighted by Gasteiger charge is 2.28. The minimum Gasteiger partial charge on any atom is -0.314 e. The van der Waals surface area contributed by atoms with Gasteiger partial charge in [0.1, 0.15) is 0 Å². The lowest BCUT2D eigenvalue weighted by Gasteiger charge is -2.37. The van der Waals surface area contributed by atoms with Crippen molar-refractivity contribution in [1.82, 2.24) is 10.2 Å². The van der Waals surface area contributed by atoms with Gasteiger partial charge in [0.15, 0.2) is 0 Å². The van der Waals surface area contributed by atoms with Gasteiger partial charge in [0, 0.05) is 37.1 Å². The zero-order valence-electron chi connectivity index (χ0n) is 11.4. The molecule has 2 heterocycles. The standard InChI is InChI=1S/C13H21ClN2S.2ClH/c1-3-10(2)12(13-11(14)4-9-17-13)16-7-5-15-6-8-16;;/h4,9-10,12,15H,3,5-8H2,1-2H3;2*1H/t10?,12-;;/m0../s1. The molecule has 2 nitrogen and oxygen atoms in total. The number of thiophene rings is 1. The van der Waals surface area contributed by atoms with Crippen LogP contribution in [-0.2, 0) is 0 Å². The van der Waals surface area contributed by atoms with Crippen LogP contribution >= 0.6 is 47.8 Å². The predicted molar refractivity (Wildman–Crippen MR) is 90.5 cm³/mol. The maximum Gasteiger partial charge on any atom is 0.0561 e. The van der Waals surface area contributed by atoms with Crippen LogP contribution in [0.15, 0.2) is 11.4 Å². The van der Waals surface area contributed by atoms with Crippen LogP contribution in [0.2, 0.25) is 5.02 Å². The molecule has 112 valence electrons. The largest absolute Gasteiger partial charge is 0.314 e. The lowest BCUT2D eigenvalue weighted by molar-refractivity contribution is 0.131. The molecule has 0 bridgehead atoms. The summed E-state index contributed by atoms with van der Waals surface area (Å²) < 4.78 is 0. The molecular weight excluding hydrogens is 323 g/mol. The summed E-state index contributed by atoms with van der Waals surface area (Å²) in [5.41, 5.74) is 0. The Morgan fingerprint density at radius 1 is 1.37 bits per heavy atom. The molecule has 0 aromatic carbocycles. The number of halogens is 3. The summed E-state index contributed by atoms with van der Waals surface area (Å²) in [6.07, 6.45) is 1.20. The molecule has 1 fully saturated rings. The zero-order chi connectivity index (χ0) is 12.3. The van der Waals surface area contributed by atoms with Crippen molar-refractivity contribution in [2.24, 2.45) is 5.92 Å².